The number of aromatic hydroxyl groups is 2. The van der Waals surface area contributed by atoms with Crippen LogP contribution in [0.2, 0.25) is 0 Å². The van der Waals surface area contributed by atoms with Gasteiger partial charge in [0.2, 0.25) is 0 Å². The van der Waals surface area contributed by atoms with Crippen molar-refractivity contribution < 1.29 is 10.2 Å². The monoisotopic (exact) mass is 502 g/mol. The molecule has 0 atom stereocenters. The molecule has 0 spiro atoms. The van der Waals surface area contributed by atoms with E-state index in [2.05, 4.69) is 60.7 Å². The fourth-order valence-corrected chi connectivity index (χ4v) is 8.11. The summed E-state index contributed by atoms with van der Waals surface area (Å²) in [5, 5.41) is 24.7. The van der Waals surface area contributed by atoms with Crippen molar-refractivity contribution in [2.45, 2.75) is 87.9 Å². The third kappa shape index (κ3) is 3.75. The Labute approximate surface area is 226 Å². The molecule has 2 nitrogen and oxygen atoms in total. The number of hydrogen-bond acceptors (Lipinski definition) is 2. The molecule has 4 aromatic rings. The highest BCUT2D eigenvalue weighted by atomic mass is 16.3. The third-order valence-electron chi connectivity index (χ3n) is 10.0. The summed E-state index contributed by atoms with van der Waals surface area (Å²) in [6, 6.07) is 26.4. The van der Waals surface area contributed by atoms with Crippen molar-refractivity contribution in [3.63, 3.8) is 0 Å². The van der Waals surface area contributed by atoms with E-state index in [-0.39, 0.29) is 5.41 Å². The smallest absolute Gasteiger partial charge is 0.119 e. The topological polar surface area (TPSA) is 40.5 Å². The Morgan fingerprint density at radius 3 is 1.66 bits per heavy atom. The molecule has 4 aromatic carbocycles. The molecule has 194 valence electrons. The van der Waals surface area contributed by atoms with E-state index < -0.39 is 0 Å². The molecule has 7 rings (SSSR count). The zero-order valence-electron chi connectivity index (χ0n) is 22.3. The maximum Gasteiger partial charge on any atom is 0.119 e. The first-order valence-corrected chi connectivity index (χ1v) is 14.8. The lowest BCUT2D eigenvalue weighted by Crippen LogP contribution is -2.29. The molecule has 0 bridgehead atoms. The van der Waals surface area contributed by atoms with E-state index in [1.165, 1.54) is 71.6 Å². The molecule has 0 unspecified atom stereocenters. The van der Waals surface area contributed by atoms with Gasteiger partial charge in [0.05, 0.1) is 0 Å². The SMILES string of the molecule is Oc1ccc(C2(c3ccc(O)c(C4CCCCC4)c3)Cc3cccc4cccc2c34)cc1C1CCCCC1. The van der Waals surface area contributed by atoms with Gasteiger partial charge in [-0.25, -0.2) is 0 Å². The Balaban J connectivity index is 1.46. The van der Waals surface area contributed by atoms with Gasteiger partial charge in [-0.15, -0.1) is 0 Å². The minimum absolute atomic E-state index is 0.350. The minimum atomic E-state index is -0.350. The first kappa shape index (κ1) is 23.8. The van der Waals surface area contributed by atoms with Crippen molar-refractivity contribution in [1.29, 1.82) is 0 Å². The van der Waals surface area contributed by atoms with Crippen LogP contribution in [0.25, 0.3) is 10.8 Å². The van der Waals surface area contributed by atoms with Crippen LogP contribution in [-0.4, -0.2) is 10.2 Å². The second kappa shape index (κ2) is 9.49. The lowest BCUT2D eigenvalue weighted by Gasteiger charge is -2.35. The largest absolute Gasteiger partial charge is 0.508 e. The highest BCUT2D eigenvalue weighted by Gasteiger charge is 2.43. The van der Waals surface area contributed by atoms with E-state index in [0.29, 0.717) is 23.3 Å². The Bertz CT molecular complexity index is 1410. The fourth-order valence-electron chi connectivity index (χ4n) is 8.11. The van der Waals surface area contributed by atoms with E-state index in [4.69, 9.17) is 0 Å². The van der Waals surface area contributed by atoms with Crippen LogP contribution in [-0.2, 0) is 11.8 Å². The fraction of sp³-hybridized carbons (Fsp3) is 0.389. The summed E-state index contributed by atoms with van der Waals surface area (Å²) >= 11 is 0. The summed E-state index contributed by atoms with van der Waals surface area (Å²) in [6.07, 6.45) is 13.1. The Kier molecular flexibility index (Phi) is 5.95. The number of benzene rings is 4. The highest BCUT2D eigenvalue weighted by Crippen LogP contribution is 2.53. The van der Waals surface area contributed by atoms with Crippen molar-refractivity contribution in [3.05, 3.63) is 106 Å². The summed E-state index contributed by atoms with van der Waals surface area (Å²) < 4.78 is 0. The number of phenols is 2. The minimum Gasteiger partial charge on any atom is -0.508 e. The van der Waals surface area contributed by atoms with Gasteiger partial charge in [-0.1, -0.05) is 99.2 Å². The van der Waals surface area contributed by atoms with Gasteiger partial charge >= 0.3 is 0 Å². The molecular formula is C36H38O2. The first-order valence-electron chi connectivity index (χ1n) is 14.8. The van der Waals surface area contributed by atoms with E-state index in [9.17, 15) is 10.2 Å². The van der Waals surface area contributed by atoms with E-state index >= 15 is 0 Å². The molecule has 0 heterocycles. The van der Waals surface area contributed by atoms with Crippen LogP contribution < -0.4 is 0 Å². The van der Waals surface area contributed by atoms with Crippen molar-refractivity contribution in [2.24, 2.45) is 0 Å². The summed E-state index contributed by atoms with van der Waals surface area (Å²) in [4.78, 5) is 0. The average molecular weight is 503 g/mol. The van der Waals surface area contributed by atoms with Gasteiger partial charge in [-0.05, 0) is 100 Å². The lowest BCUT2D eigenvalue weighted by atomic mass is 9.67. The van der Waals surface area contributed by atoms with Crippen LogP contribution in [0.1, 0.15) is 109 Å². The summed E-state index contributed by atoms with van der Waals surface area (Å²) in [5.74, 6) is 1.74. The zero-order chi connectivity index (χ0) is 25.7. The highest BCUT2D eigenvalue weighted by molar-refractivity contribution is 5.94. The van der Waals surface area contributed by atoms with Crippen molar-refractivity contribution in [1.82, 2.24) is 0 Å². The number of rotatable bonds is 4. The predicted octanol–water partition coefficient (Wildman–Crippen LogP) is 9.24. The van der Waals surface area contributed by atoms with Gasteiger partial charge in [0.15, 0.2) is 0 Å². The molecule has 0 amide bonds. The van der Waals surface area contributed by atoms with Crippen LogP contribution >= 0.6 is 0 Å². The van der Waals surface area contributed by atoms with Crippen molar-refractivity contribution >= 4 is 10.8 Å². The van der Waals surface area contributed by atoms with Gasteiger partial charge in [0.25, 0.3) is 0 Å². The molecule has 0 radical (unpaired) electrons. The predicted molar refractivity (Wildman–Crippen MR) is 155 cm³/mol. The molecule has 0 aromatic heterocycles. The van der Waals surface area contributed by atoms with Crippen LogP contribution in [0.3, 0.4) is 0 Å². The van der Waals surface area contributed by atoms with Crippen LogP contribution in [0, 0.1) is 0 Å². The van der Waals surface area contributed by atoms with Crippen molar-refractivity contribution in [2.75, 3.05) is 0 Å². The summed E-state index contributed by atoms with van der Waals surface area (Å²) in [7, 11) is 0. The van der Waals surface area contributed by atoms with Gasteiger partial charge in [0, 0.05) is 5.41 Å². The molecule has 0 aliphatic heterocycles. The molecule has 2 fully saturated rings. The van der Waals surface area contributed by atoms with E-state index in [1.54, 1.807) is 0 Å². The number of hydrogen-bond donors (Lipinski definition) is 2. The molecule has 3 aliphatic carbocycles. The molecule has 0 saturated heterocycles. The summed E-state index contributed by atoms with van der Waals surface area (Å²) in [5.41, 5.74) is 7.16. The number of phenolic OH excluding ortho intramolecular Hbond substituents is 2. The third-order valence-corrected chi connectivity index (χ3v) is 10.0. The van der Waals surface area contributed by atoms with E-state index in [0.717, 1.165) is 43.2 Å². The van der Waals surface area contributed by atoms with Gasteiger partial charge in [0.1, 0.15) is 11.5 Å². The van der Waals surface area contributed by atoms with Crippen LogP contribution in [0.4, 0.5) is 0 Å². The average Bonchev–Trinajstić information content (AvgIpc) is 3.31. The molecule has 2 N–H and O–H groups in total. The second-order valence-electron chi connectivity index (χ2n) is 12.1. The molecular weight excluding hydrogens is 464 g/mol. The Morgan fingerprint density at radius 2 is 1.11 bits per heavy atom. The van der Waals surface area contributed by atoms with Crippen LogP contribution in [0.5, 0.6) is 11.5 Å². The Morgan fingerprint density at radius 1 is 0.579 bits per heavy atom. The van der Waals surface area contributed by atoms with Crippen LogP contribution in [0.15, 0.2) is 72.8 Å². The molecule has 3 aliphatic rings. The second-order valence-corrected chi connectivity index (χ2v) is 12.1. The molecule has 2 saturated carbocycles. The van der Waals surface area contributed by atoms with E-state index in [1.807, 2.05) is 12.1 Å². The van der Waals surface area contributed by atoms with Gasteiger partial charge < -0.3 is 10.2 Å². The summed E-state index contributed by atoms with van der Waals surface area (Å²) in [6.45, 7) is 0. The first-order chi connectivity index (χ1) is 18.6. The van der Waals surface area contributed by atoms with Gasteiger partial charge in [-0.2, -0.15) is 0 Å². The molecule has 38 heavy (non-hydrogen) atoms. The maximum absolute atomic E-state index is 11.0. The quantitative estimate of drug-likeness (QED) is 0.292. The van der Waals surface area contributed by atoms with Crippen molar-refractivity contribution in [3.8, 4) is 11.5 Å². The maximum atomic E-state index is 11.0. The standard InChI is InChI=1S/C36H38O2/c37-33-19-17-28(21-30(33)24-9-3-1-4-10-24)36(23-27-15-7-13-26-14-8-16-32(36)35(26)27)29-18-20-34(38)31(22-29)25-11-5-2-6-12-25/h7-8,13-22,24-25,37-38H,1-6,9-12,23H2. The zero-order valence-corrected chi connectivity index (χ0v) is 22.3. The Hall–Kier alpha value is -3.26. The molecule has 2 heteroatoms. The van der Waals surface area contributed by atoms with Gasteiger partial charge in [-0.3, -0.25) is 0 Å². The lowest BCUT2D eigenvalue weighted by molar-refractivity contribution is 0.412. The normalized spacial score (nSPS) is 19.7.